The Kier molecular flexibility index (Phi) is 2.21. The van der Waals surface area contributed by atoms with Crippen molar-refractivity contribution in [3.63, 3.8) is 0 Å². The summed E-state index contributed by atoms with van der Waals surface area (Å²) in [6.45, 7) is 4.32. The SMILES string of the molecule is CC(C)c1sc(=S)[nH][n+]1C. The molecule has 0 saturated heterocycles. The fourth-order valence-corrected chi connectivity index (χ4v) is 2.07. The van der Waals surface area contributed by atoms with Gasteiger partial charge >= 0.3 is 0 Å². The first-order valence-electron chi connectivity index (χ1n) is 3.20. The quantitative estimate of drug-likeness (QED) is 0.509. The summed E-state index contributed by atoms with van der Waals surface area (Å²) in [5, 5.41) is 4.34. The van der Waals surface area contributed by atoms with Crippen LogP contribution in [0.2, 0.25) is 0 Å². The number of aromatic amines is 1. The Morgan fingerprint density at radius 1 is 1.60 bits per heavy atom. The molecule has 0 aliphatic carbocycles. The third-order valence-corrected chi connectivity index (χ3v) is 2.85. The smallest absolute Gasteiger partial charge is 0.144 e. The van der Waals surface area contributed by atoms with Crippen LogP contribution in [0.4, 0.5) is 0 Å². The van der Waals surface area contributed by atoms with E-state index in [4.69, 9.17) is 12.2 Å². The van der Waals surface area contributed by atoms with E-state index in [9.17, 15) is 0 Å². The summed E-state index contributed by atoms with van der Waals surface area (Å²) in [6.07, 6.45) is 0. The number of hydrogen-bond donors (Lipinski definition) is 1. The average Bonchev–Trinajstić information content (AvgIpc) is 2.10. The van der Waals surface area contributed by atoms with E-state index in [1.165, 1.54) is 5.01 Å². The van der Waals surface area contributed by atoms with E-state index in [2.05, 4.69) is 18.9 Å². The van der Waals surface area contributed by atoms with Gasteiger partial charge < -0.3 is 0 Å². The first kappa shape index (κ1) is 7.88. The minimum atomic E-state index is 0.558. The lowest BCUT2D eigenvalue weighted by Gasteiger charge is -1.91. The lowest BCUT2D eigenvalue weighted by Crippen LogP contribution is -2.34. The van der Waals surface area contributed by atoms with Crippen LogP contribution in [0.3, 0.4) is 0 Å². The number of H-pyrrole nitrogens is 1. The molecule has 0 saturated carbocycles. The zero-order valence-electron chi connectivity index (χ0n) is 6.34. The molecule has 0 fully saturated rings. The molecule has 0 atom stereocenters. The molecule has 1 aromatic rings. The van der Waals surface area contributed by atoms with E-state index in [-0.39, 0.29) is 0 Å². The van der Waals surface area contributed by atoms with Crippen LogP contribution in [0.25, 0.3) is 0 Å². The van der Waals surface area contributed by atoms with Gasteiger partial charge in [-0.25, -0.2) is 0 Å². The van der Waals surface area contributed by atoms with Gasteiger partial charge in [0.2, 0.25) is 3.95 Å². The highest BCUT2D eigenvalue weighted by Gasteiger charge is 2.13. The molecule has 0 amide bonds. The first-order valence-corrected chi connectivity index (χ1v) is 4.42. The average molecular weight is 175 g/mol. The Bertz CT molecular complexity index is 272. The van der Waals surface area contributed by atoms with Gasteiger partial charge in [0.1, 0.15) is 0 Å². The molecule has 0 aliphatic heterocycles. The highest BCUT2D eigenvalue weighted by molar-refractivity contribution is 7.73. The second-order valence-electron chi connectivity index (χ2n) is 2.55. The van der Waals surface area contributed by atoms with Crippen molar-refractivity contribution >= 4 is 23.6 Å². The number of aromatic nitrogens is 2. The largest absolute Gasteiger partial charge is 0.265 e. The summed E-state index contributed by atoms with van der Waals surface area (Å²) >= 11 is 6.63. The number of aryl methyl sites for hydroxylation is 1. The Hall–Kier alpha value is -0.220. The normalized spacial score (nSPS) is 10.8. The number of nitrogens with zero attached hydrogens (tertiary/aromatic N) is 1. The van der Waals surface area contributed by atoms with Gasteiger partial charge in [-0.15, -0.1) is 9.78 Å². The van der Waals surface area contributed by atoms with Crippen LogP contribution in [-0.4, -0.2) is 5.10 Å². The van der Waals surface area contributed by atoms with Gasteiger partial charge in [-0.3, -0.25) is 0 Å². The predicted molar refractivity (Wildman–Crippen MR) is 44.8 cm³/mol. The lowest BCUT2D eigenvalue weighted by molar-refractivity contribution is -0.733. The molecule has 0 spiro atoms. The highest BCUT2D eigenvalue weighted by atomic mass is 32.1. The summed E-state index contributed by atoms with van der Waals surface area (Å²) in [6, 6.07) is 0. The van der Waals surface area contributed by atoms with Crippen LogP contribution in [0.1, 0.15) is 24.8 Å². The van der Waals surface area contributed by atoms with Crippen molar-refractivity contribution in [2.45, 2.75) is 19.8 Å². The van der Waals surface area contributed by atoms with E-state index in [1.807, 2.05) is 11.7 Å². The second-order valence-corrected chi connectivity index (χ2v) is 4.25. The number of rotatable bonds is 1. The van der Waals surface area contributed by atoms with Crippen molar-refractivity contribution in [3.05, 3.63) is 8.96 Å². The molecule has 1 heterocycles. The van der Waals surface area contributed by atoms with Gasteiger partial charge in [0, 0.05) is 0 Å². The van der Waals surface area contributed by atoms with Crippen molar-refractivity contribution in [2.75, 3.05) is 0 Å². The topological polar surface area (TPSA) is 19.7 Å². The summed E-state index contributed by atoms with van der Waals surface area (Å²) in [5.41, 5.74) is 0. The highest BCUT2D eigenvalue weighted by Crippen LogP contribution is 2.13. The van der Waals surface area contributed by atoms with Crippen molar-refractivity contribution in [1.82, 2.24) is 5.10 Å². The van der Waals surface area contributed by atoms with Gasteiger partial charge in [0.15, 0.2) is 7.05 Å². The Morgan fingerprint density at radius 2 is 2.20 bits per heavy atom. The minimum absolute atomic E-state index is 0.558. The summed E-state index contributed by atoms with van der Waals surface area (Å²) < 4.78 is 2.84. The first-order chi connectivity index (χ1) is 4.61. The molecule has 56 valence electrons. The second kappa shape index (κ2) is 2.80. The van der Waals surface area contributed by atoms with E-state index in [1.54, 1.807) is 11.3 Å². The molecule has 0 aliphatic rings. The standard InChI is InChI=1S/C6H10N2S2/c1-4(2)5-8(3)7-6(9)10-5/h4H,1-3H3/p+1. The Labute approximate surface area is 69.5 Å². The van der Waals surface area contributed by atoms with Crippen LogP contribution in [0, 0.1) is 3.95 Å². The van der Waals surface area contributed by atoms with Gasteiger partial charge in [0.05, 0.1) is 5.92 Å². The Balaban J connectivity index is 3.15. The molecule has 0 bridgehead atoms. The van der Waals surface area contributed by atoms with Gasteiger partial charge in [-0.05, 0) is 23.6 Å². The molecule has 4 heteroatoms. The molecule has 1 aromatic heterocycles. The van der Waals surface area contributed by atoms with Crippen molar-refractivity contribution in [3.8, 4) is 0 Å². The van der Waals surface area contributed by atoms with Crippen molar-refractivity contribution in [2.24, 2.45) is 7.05 Å². The third kappa shape index (κ3) is 1.44. The minimum Gasteiger partial charge on any atom is -0.144 e. The maximum absolute atomic E-state index is 4.98. The van der Waals surface area contributed by atoms with Crippen LogP contribution in [-0.2, 0) is 7.05 Å². The molecule has 0 radical (unpaired) electrons. The van der Waals surface area contributed by atoms with Gasteiger partial charge in [-0.1, -0.05) is 13.8 Å². The van der Waals surface area contributed by atoms with Crippen LogP contribution in [0.15, 0.2) is 0 Å². The zero-order chi connectivity index (χ0) is 7.72. The molecular weight excluding hydrogens is 164 g/mol. The molecule has 0 unspecified atom stereocenters. The fraction of sp³-hybridized carbons (Fsp3) is 0.667. The monoisotopic (exact) mass is 175 g/mol. The van der Waals surface area contributed by atoms with E-state index in [0.29, 0.717) is 5.92 Å². The van der Waals surface area contributed by atoms with Crippen LogP contribution in [0.5, 0.6) is 0 Å². The summed E-state index contributed by atoms with van der Waals surface area (Å²) in [5.74, 6) is 0.558. The van der Waals surface area contributed by atoms with E-state index >= 15 is 0 Å². The lowest BCUT2D eigenvalue weighted by atomic mass is 10.2. The maximum atomic E-state index is 4.98. The third-order valence-electron chi connectivity index (χ3n) is 1.28. The molecule has 10 heavy (non-hydrogen) atoms. The van der Waals surface area contributed by atoms with E-state index < -0.39 is 0 Å². The van der Waals surface area contributed by atoms with Crippen LogP contribution >= 0.6 is 23.6 Å². The summed E-state index contributed by atoms with van der Waals surface area (Å²) in [7, 11) is 1.99. The van der Waals surface area contributed by atoms with Crippen molar-refractivity contribution < 1.29 is 4.68 Å². The molecule has 0 aromatic carbocycles. The molecule has 1 N–H and O–H groups in total. The predicted octanol–water partition coefficient (Wildman–Crippen LogP) is 1.75. The van der Waals surface area contributed by atoms with E-state index in [0.717, 1.165) is 3.95 Å². The Morgan fingerprint density at radius 3 is 2.40 bits per heavy atom. The molecular formula is C6H11N2S2+. The zero-order valence-corrected chi connectivity index (χ0v) is 7.97. The molecule has 1 rings (SSSR count). The van der Waals surface area contributed by atoms with Crippen LogP contribution < -0.4 is 4.68 Å². The van der Waals surface area contributed by atoms with Crippen molar-refractivity contribution in [1.29, 1.82) is 0 Å². The number of nitrogens with one attached hydrogen (secondary N) is 1. The van der Waals surface area contributed by atoms with Gasteiger partial charge in [-0.2, -0.15) is 0 Å². The maximum Gasteiger partial charge on any atom is 0.265 e. The number of hydrogen-bond acceptors (Lipinski definition) is 2. The fourth-order valence-electron chi connectivity index (χ4n) is 0.883. The molecule has 2 nitrogen and oxygen atoms in total. The van der Waals surface area contributed by atoms with Gasteiger partial charge in [0.25, 0.3) is 5.01 Å². The summed E-state index contributed by atoms with van der Waals surface area (Å²) in [4.78, 5) is 0.